The molecule has 0 N–H and O–H groups in total. The molecule has 0 aromatic carbocycles. The lowest BCUT2D eigenvalue weighted by atomic mass is 9.99. The second-order valence-corrected chi connectivity index (χ2v) is 3.21. The van der Waals surface area contributed by atoms with Crippen LogP contribution in [0.3, 0.4) is 0 Å². The number of hydrogen-bond donors (Lipinski definition) is 0. The molecule has 10 heavy (non-hydrogen) atoms. The SMILES string of the molecule is C=C1/C=C(/C)CCCCC1. The van der Waals surface area contributed by atoms with Crippen molar-refractivity contribution in [1.82, 2.24) is 0 Å². The molecule has 0 saturated carbocycles. The Morgan fingerprint density at radius 3 is 2.70 bits per heavy atom. The van der Waals surface area contributed by atoms with Gasteiger partial charge >= 0.3 is 0 Å². The molecule has 0 aliphatic heterocycles. The van der Waals surface area contributed by atoms with Gasteiger partial charge < -0.3 is 0 Å². The van der Waals surface area contributed by atoms with Crippen molar-refractivity contribution in [3.63, 3.8) is 0 Å². The fourth-order valence-electron chi connectivity index (χ4n) is 1.43. The average molecular weight is 136 g/mol. The highest BCUT2D eigenvalue weighted by Gasteiger charge is 1.98. The molecule has 1 rings (SSSR count). The summed E-state index contributed by atoms with van der Waals surface area (Å²) in [6.07, 6.45) is 8.82. The molecule has 0 fully saturated rings. The molecule has 0 aromatic rings. The van der Waals surface area contributed by atoms with Crippen molar-refractivity contribution < 1.29 is 0 Å². The van der Waals surface area contributed by atoms with Crippen molar-refractivity contribution >= 4 is 0 Å². The highest BCUT2D eigenvalue weighted by Crippen LogP contribution is 2.18. The first-order valence-corrected chi connectivity index (χ1v) is 4.14. The van der Waals surface area contributed by atoms with Crippen LogP contribution in [0.5, 0.6) is 0 Å². The summed E-state index contributed by atoms with van der Waals surface area (Å²) < 4.78 is 0. The maximum absolute atomic E-state index is 3.99. The normalized spacial score (nSPS) is 26.5. The van der Waals surface area contributed by atoms with E-state index in [9.17, 15) is 0 Å². The van der Waals surface area contributed by atoms with Crippen molar-refractivity contribution in [3.8, 4) is 0 Å². The minimum atomic E-state index is 1.21. The maximum Gasteiger partial charge on any atom is -0.0285 e. The summed E-state index contributed by atoms with van der Waals surface area (Å²) in [5.41, 5.74) is 2.82. The van der Waals surface area contributed by atoms with Gasteiger partial charge in [0.05, 0.1) is 0 Å². The third-order valence-electron chi connectivity index (χ3n) is 2.02. The predicted molar refractivity (Wildman–Crippen MR) is 46.0 cm³/mol. The molecular formula is C10H16. The molecule has 0 unspecified atom stereocenters. The van der Waals surface area contributed by atoms with Gasteiger partial charge in [0.25, 0.3) is 0 Å². The van der Waals surface area contributed by atoms with E-state index in [1.165, 1.54) is 43.3 Å². The van der Waals surface area contributed by atoms with Crippen LogP contribution in [-0.2, 0) is 0 Å². The van der Waals surface area contributed by atoms with Crippen molar-refractivity contribution in [2.45, 2.75) is 39.0 Å². The van der Waals surface area contributed by atoms with Gasteiger partial charge in [-0.05, 0) is 32.6 Å². The van der Waals surface area contributed by atoms with Crippen LogP contribution in [0.1, 0.15) is 39.0 Å². The van der Waals surface area contributed by atoms with Crippen LogP contribution in [0.15, 0.2) is 23.8 Å². The minimum Gasteiger partial charge on any atom is -0.0958 e. The van der Waals surface area contributed by atoms with E-state index in [4.69, 9.17) is 0 Å². The summed E-state index contributed by atoms with van der Waals surface area (Å²) in [4.78, 5) is 0. The van der Waals surface area contributed by atoms with E-state index in [0.29, 0.717) is 0 Å². The summed E-state index contributed by atoms with van der Waals surface area (Å²) in [6.45, 7) is 6.19. The molecule has 0 radical (unpaired) electrons. The number of rotatable bonds is 0. The van der Waals surface area contributed by atoms with E-state index in [1.54, 1.807) is 0 Å². The van der Waals surface area contributed by atoms with Gasteiger partial charge in [-0.25, -0.2) is 0 Å². The lowest BCUT2D eigenvalue weighted by Crippen LogP contribution is -1.88. The van der Waals surface area contributed by atoms with E-state index in [2.05, 4.69) is 19.6 Å². The van der Waals surface area contributed by atoms with Crippen LogP contribution in [0.25, 0.3) is 0 Å². The molecule has 0 bridgehead atoms. The first-order valence-electron chi connectivity index (χ1n) is 4.14. The monoisotopic (exact) mass is 136 g/mol. The van der Waals surface area contributed by atoms with Gasteiger partial charge in [-0.2, -0.15) is 0 Å². The van der Waals surface area contributed by atoms with Crippen molar-refractivity contribution in [2.75, 3.05) is 0 Å². The Morgan fingerprint density at radius 2 is 1.90 bits per heavy atom. The molecule has 0 heterocycles. The Bertz CT molecular complexity index is 151. The highest BCUT2D eigenvalue weighted by atomic mass is 14.0. The summed E-state index contributed by atoms with van der Waals surface area (Å²) in [6, 6.07) is 0. The van der Waals surface area contributed by atoms with Gasteiger partial charge in [-0.1, -0.05) is 30.2 Å². The molecule has 0 saturated heterocycles. The van der Waals surface area contributed by atoms with E-state index in [0.717, 1.165) is 0 Å². The Hall–Kier alpha value is -0.520. The van der Waals surface area contributed by atoms with Gasteiger partial charge in [0.1, 0.15) is 0 Å². The van der Waals surface area contributed by atoms with Gasteiger partial charge in [-0.15, -0.1) is 0 Å². The van der Waals surface area contributed by atoms with E-state index in [1.807, 2.05) is 0 Å². The van der Waals surface area contributed by atoms with Gasteiger partial charge in [-0.3, -0.25) is 0 Å². The second-order valence-electron chi connectivity index (χ2n) is 3.21. The topological polar surface area (TPSA) is 0 Å². The number of hydrogen-bond acceptors (Lipinski definition) is 0. The lowest BCUT2D eigenvalue weighted by Gasteiger charge is -2.08. The van der Waals surface area contributed by atoms with Crippen LogP contribution < -0.4 is 0 Å². The molecule has 0 amide bonds. The standard InChI is InChI=1S/C10H16/c1-9-6-4-3-5-7-10(2)8-9/h8H,1,3-7H2,2H3/b10-8-. The lowest BCUT2D eigenvalue weighted by molar-refractivity contribution is 0.665. The predicted octanol–water partition coefficient (Wildman–Crippen LogP) is 3.45. The van der Waals surface area contributed by atoms with E-state index >= 15 is 0 Å². The number of allylic oxidation sites excluding steroid dienone is 3. The zero-order chi connectivity index (χ0) is 7.40. The molecule has 0 atom stereocenters. The molecule has 0 aromatic heterocycles. The zero-order valence-corrected chi connectivity index (χ0v) is 6.82. The highest BCUT2D eigenvalue weighted by molar-refractivity contribution is 5.20. The summed E-state index contributed by atoms with van der Waals surface area (Å²) >= 11 is 0. The van der Waals surface area contributed by atoms with Crippen LogP contribution in [0.2, 0.25) is 0 Å². The Balaban J connectivity index is 2.55. The van der Waals surface area contributed by atoms with E-state index < -0.39 is 0 Å². The third kappa shape index (κ3) is 2.38. The fourth-order valence-corrected chi connectivity index (χ4v) is 1.43. The third-order valence-corrected chi connectivity index (χ3v) is 2.02. The Morgan fingerprint density at radius 1 is 1.20 bits per heavy atom. The molecule has 0 spiro atoms. The van der Waals surface area contributed by atoms with Gasteiger partial charge in [0.15, 0.2) is 0 Å². The van der Waals surface area contributed by atoms with E-state index in [-0.39, 0.29) is 0 Å². The van der Waals surface area contributed by atoms with Crippen LogP contribution >= 0.6 is 0 Å². The Kier molecular flexibility index (Phi) is 2.73. The van der Waals surface area contributed by atoms with Crippen LogP contribution in [-0.4, -0.2) is 0 Å². The van der Waals surface area contributed by atoms with Crippen molar-refractivity contribution in [1.29, 1.82) is 0 Å². The van der Waals surface area contributed by atoms with Gasteiger partial charge in [0, 0.05) is 0 Å². The first-order chi connectivity index (χ1) is 4.79. The quantitative estimate of drug-likeness (QED) is 0.478. The van der Waals surface area contributed by atoms with Crippen LogP contribution in [0, 0.1) is 0 Å². The summed E-state index contributed by atoms with van der Waals surface area (Å²) in [5, 5.41) is 0. The van der Waals surface area contributed by atoms with Crippen molar-refractivity contribution in [3.05, 3.63) is 23.8 Å². The first kappa shape index (κ1) is 7.59. The largest absolute Gasteiger partial charge is 0.0958 e. The zero-order valence-electron chi connectivity index (χ0n) is 6.82. The second kappa shape index (κ2) is 3.60. The molecule has 0 heteroatoms. The average Bonchev–Trinajstić information content (AvgIpc) is 1.83. The fraction of sp³-hybridized carbons (Fsp3) is 0.600. The van der Waals surface area contributed by atoms with Crippen LogP contribution in [0.4, 0.5) is 0 Å². The van der Waals surface area contributed by atoms with Crippen molar-refractivity contribution in [2.24, 2.45) is 0 Å². The molecule has 56 valence electrons. The minimum absolute atomic E-state index is 1.21. The van der Waals surface area contributed by atoms with Gasteiger partial charge in [0.2, 0.25) is 0 Å². The molecule has 0 nitrogen and oxygen atoms in total. The smallest absolute Gasteiger partial charge is 0.0285 e. The molecule has 1 aliphatic carbocycles. The summed E-state index contributed by atoms with van der Waals surface area (Å²) in [7, 11) is 0. The molecular weight excluding hydrogens is 120 g/mol. The summed E-state index contributed by atoms with van der Waals surface area (Å²) in [5.74, 6) is 0. The maximum atomic E-state index is 3.99. The molecule has 1 aliphatic rings. The Labute approximate surface area is 63.6 Å².